The van der Waals surface area contributed by atoms with E-state index in [0.717, 1.165) is 12.5 Å². The Bertz CT molecular complexity index is 127. The van der Waals surface area contributed by atoms with Crippen LogP contribution in [0.2, 0.25) is 0 Å². The average molecular weight is 185 g/mol. The molecule has 78 valence electrons. The molecular weight excluding hydrogens is 162 g/mol. The Kier molecular flexibility index (Phi) is 5.40. The highest BCUT2D eigenvalue weighted by Crippen LogP contribution is 2.29. The summed E-state index contributed by atoms with van der Waals surface area (Å²) in [6.07, 6.45) is 8.60. The van der Waals surface area contributed by atoms with E-state index in [2.05, 4.69) is 5.32 Å². The van der Waals surface area contributed by atoms with Crippen molar-refractivity contribution in [2.45, 2.75) is 44.6 Å². The summed E-state index contributed by atoms with van der Waals surface area (Å²) in [6, 6.07) is 0. The molecule has 0 bridgehead atoms. The Labute approximate surface area is 82.0 Å². The van der Waals surface area contributed by atoms with E-state index in [1.54, 1.807) is 0 Å². The van der Waals surface area contributed by atoms with Crippen molar-refractivity contribution in [3.8, 4) is 0 Å². The minimum Gasteiger partial charge on any atom is -0.381 e. The molecule has 1 fully saturated rings. The van der Waals surface area contributed by atoms with Crippen LogP contribution in [0.1, 0.15) is 38.5 Å². The number of ether oxygens (including phenoxy) is 1. The number of methoxy groups -OCH3 is 1. The normalized spacial score (nSPS) is 29.1. The molecule has 13 heavy (non-hydrogen) atoms. The Morgan fingerprint density at radius 3 is 2.77 bits per heavy atom. The van der Waals surface area contributed by atoms with E-state index < -0.39 is 0 Å². The van der Waals surface area contributed by atoms with Crippen LogP contribution in [0.3, 0.4) is 0 Å². The smallest absolute Gasteiger partial charge is 0.0599 e. The first kappa shape index (κ1) is 11.0. The van der Waals surface area contributed by atoms with Crippen LogP contribution in [0.25, 0.3) is 0 Å². The van der Waals surface area contributed by atoms with Crippen LogP contribution >= 0.6 is 0 Å². The van der Waals surface area contributed by atoms with Gasteiger partial charge in [-0.25, -0.2) is 0 Å². The van der Waals surface area contributed by atoms with Crippen LogP contribution in [0.4, 0.5) is 0 Å². The van der Waals surface area contributed by atoms with Gasteiger partial charge in [-0.1, -0.05) is 12.8 Å². The summed E-state index contributed by atoms with van der Waals surface area (Å²) in [5.74, 6) is 0.826. The number of nitrogens with one attached hydrogen (secondary N) is 1. The second-order valence-electron chi connectivity index (χ2n) is 4.06. The molecule has 1 N–H and O–H groups in total. The first-order valence-corrected chi connectivity index (χ1v) is 5.56. The van der Waals surface area contributed by atoms with Gasteiger partial charge in [0.05, 0.1) is 6.10 Å². The quantitative estimate of drug-likeness (QED) is 0.663. The fourth-order valence-corrected chi connectivity index (χ4v) is 2.36. The summed E-state index contributed by atoms with van der Waals surface area (Å²) in [7, 11) is 3.88. The highest BCUT2D eigenvalue weighted by atomic mass is 16.5. The molecule has 1 saturated carbocycles. The van der Waals surface area contributed by atoms with Gasteiger partial charge in [-0.2, -0.15) is 0 Å². The molecule has 2 nitrogen and oxygen atoms in total. The third kappa shape index (κ3) is 3.65. The molecule has 0 radical (unpaired) electrons. The van der Waals surface area contributed by atoms with Gasteiger partial charge in [0, 0.05) is 7.11 Å². The molecule has 1 rings (SSSR count). The Morgan fingerprint density at radius 1 is 1.31 bits per heavy atom. The Hall–Kier alpha value is -0.0800. The predicted molar refractivity (Wildman–Crippen MR) is 55.9 cm³/mol. The SMILES string of the molecule is CNCCCC1CCCCC1OC. The Morgan fingerprint density at radius 2 is 2.08 bits per heavy atom. The molecule has 0 aromatic heterocycles. The maximum Gasteiger partial charge on any atom is 0.0599 e. The molecule has 0 aliphatic heterocycles. The highest BCUT2D eigenvalue weighted by Gasteiger charge is 2.23. The predicted octanol–water partition coefficient (Wildman–Crippen LogP) is 2.19. The van der Waals surface area contributed by atoms with Crippen molar-refractivity contribution in [3.63, 3.8) is 0 Å². The second kappa shape index (κ2) is 6.39. The van der Waals surface area contributed by atoms with Crippen LogP contribution in [0, 0.1) is 5.92 Å². The molecule has 0 heterocycles. The number of rotatable bonds is 5. The molecule has 2 atom stereocenters. The molecule has 0 saturated heterocycles. The average Bonchev–Trinajstić information content (AvgIpc) is 2.19. The lowest BCUT2D eigenvalue weighted by atomic mass is 9.83. The zero-order valence-corrected chi connectivity index (χ0v) is 9.01. The molecular formula is C11H23NO. The van der Waals surface area contributed by atoms with Gasteiger partial charge in [0.2, 0.25) is 0 Å². The molecule has 0 aromatic rings. The largest absolute Gasteiger partial charge is 0.381 e. The summed E-state index contributed by atoms with van der Waals surface area (Å²) in [4.78, 5) is 0. The maximum atomic E-state index is 5.51. The van der Waals surface area contributed by atoms with Crippen molar-refractivity contribution < 1.29 is 4.74 Å². The number of hydrogen-bond donors (Lipinski definition) is 1. The van der Waals surface area contributed by atoms with Crippen LogP contribution in [0.5, 0.6) is 0 Å². The molecule has 1 aliphatic rings. The summed E-state index contributed by atoms with van der Waals surface area (Å²) in [6.45, 7) is 1.15. The third-order valence-corrected chi connectivity index (χ3v) is 3.14. The van der Waals surface area contributed by atoms with E-state index >= 15 is 0 Å². The standard InChI is InChI=1S/C11H23NO/c1-12-9-5-7-10-6-3-4-8-11(10)13-2/h10-12H,3-9H2,1-2H3. The van der Waals surface area contributed by atoms with Gasteiger partial charge >= 0.3 is 0 Å². The van der Waals surface area contributed by atoms with Gasteiger partial charge < -0.3 is 10.1 Å². The second-order valence-corrected chi connectivity index (χ2v) is 4.06. The molecule has 2 unspecified atom stereocenters. The highest BCUT2D eigenvalue weighted by molar-refractivity contribution is 4.75. The summed E-state index contributed by atoms with van der Waals surface area (Å²) >= 11 is 0. The molecule has 0 amide bonds. The van der Waals surface area contributed by atoms with E-state index in [1.807, 2.05) is 14.2 Å². The third-order valence-electron chi connectivity index (χ3n) is 3.14. The maximum absolute atomic E-state index is 5.51. The van der Waals surface area contributed by atoms with Gasteiger partial charge in [-0.3, -0.25) is 0 Å². The van der Waals surface area contributed by atoms with Gasteiger partial charge in [0.1, 0.15) is 0 Å². The van der Waals surface area contributed by atoms with Crippen molar-refractivity contribution >= 4 is 0 Å². The molecule has 0 aromatic carbocycles. The van der Waals surface area contributed by atoms with Crippen molar-refractivity contribution in [1.82, 2.24) is 5.32 Å². The summed E-state index contributed by atoms with van der Waals surface area (Å²) in [5, 5.41) is 3.20. The summed E-state index contributed by atoms with van der Waals surface area (Å²) in [5.41, 5.74) is 0. The minimum atomic E-state index is 0.547. The van der Waals surface area contributed by atoms with Crippen molar-refractivity contribution in [2.24, 2.45) is 5.92 Å². The molecule has 2 heteroatoms. The van der Waals surface area contributed by atoms with E-state index in [1.165, 1.54) is 38.5 Å². The van der Waals surface area contributed by atoms with Crippen LogP contribution < -0.4 is 5.32 Å². The zero-order valence-electron chi connectivity index (χ0n) is 9.01. The van der Waals surface area contributed by atoms with Crippen molar-refractivity contribution in [1.29, 1.82) is 0 Å². The monoisotopic (exact) mass is 185 g/mol. The van der Waals surface area contributed by atoms with Gasteiger partial charge in [-0.15, -0.1) is 0 Å². The van der Waals surface area contributed by atoms with Crippen LogP contribution in [0.15, 0.2) is 0 Å². The van der Waals surface area contributed by atoms with Crippen LogP contribution in [-0.2, 0) is 4.74 Å². The van der Waals surface area contributed by atoms with Crippen molar-refractivity contribution in [2.75, 3.05) is 20.7 Å². The molecule has 0 spiro atoms. The van der Waals surface area contributed by atoms with E-state index in [-0.39, 0.29) is 0 Å². The lowest BCUT2D eigenvalue weighted by Gasteiger charge is -2.30. The van der Waals surface area contributed by atoms with Gasteiger partial charge in [-0.05, 0) is 45.2 Å². The Balaban J connectivity index is 2.19. The lowest BCUT2D eigenvalue weighted by Crippen LogP contribution is -2.27. The van der Waals surface area contributed by atoms with E-state index in [9.17, 15) is 0 Å². The van der Waals surface area contributed by atoms with Gasteiger partial charge in [0.25, 0.3) is 0 Å². The van der Waals surface area contributed by atoms with Gasteiger partial charge in [0.15, 0.2) is 0 Å². The molecule has 1 aliphatic carbocycles. The topological polar surface area (TPSA) is 21.3 Å². The lowest BCUT2D eigenvalue weighted by molar-refractivity contribution is 0.0198. The minimum absolute atomic E-state index is 0.547. The van der Waals surface area contributed by atoms with Crippen molar-refractivity contribution in [3.05, 3.63) is 0 Å². The van der Waals surface area contributed by atoms with Crippen LogP contribution in [-0.4, -0.2) is 26.8 Å². The first-order chi connectivity index (χ1) is 6.38. The van der Waals surface area contributed by atoms with E-state index in [4.69, 9.17) is 4.74 Å². The zero-order chi connectivity index (χ0) is 9.52. The fourth-order valence-electron chi connectivity index (χ4n) is 2.36. The first-order valence-electron chi connectivity index (χ1n) is 5.56. The number of hydrogen-bond acceptors (Lipinski definition) is 2. The summed E-state index contributed by atoms with van der Waals surface area (Å²) < 4.78 is 5.51. The van der Waals surface area contributed by atoms with E-state index in [0.29, 0.717) is 6.10 Å². The fraction of sp³-hybridized carbons (Fsp3) is 1.00.